The predicted octanol–water partition coefficient (Wildman–Crippen LogP) is 2.42. The first kappa shape index (κ1) is 17.6. The number of hydrogen-bond acceptors (Lipinski definition) is 7. The molecule has 0 amide bonds. The second-order valence-corrected chi connectivity index (χ2v) is 6.35. The summed E-state index contributed by atoms with van der Waals surface area (Å²) in [6.07, 6.45) is 0.157. The number of pyridine rings is 1. The lowest BCUT2D eigenvalue weighted by molar-refractivity contribution is 0.0597. The molecule has 0 saturated heterocycles. The molecule has 1 aliphatic rings. The van der Waals surface area contributed by atoms with Crippen LogP contribution in [0, 0.1) is 5.82 Å². The number of fused-ring (bicyclic) bond motifs is 4. The summed E-state index contributed by atoms with van der Waals surface area (Å²) in [5.74, 6) is -3.36. The van der Waals surface area contributed by atoms with Gasteiger partial charge in [0.25, 0.3) is 5.78 Å². The van der Waals surface area contributed by atoms with Crippen molar-refractivity contribution in [3.63, 3.8) is 0 Å². The van der Waals surface area contributed by atoms with Gasteiger partial charge in [-0.3, -0.25) is 9.59 Å². The molecule has 140 valence electrons. The van der Waals surface area contributed by atoms with Crippen LogP contribution in [-0.2, 0) is 11.2 Å². The number of methoxy groups -OCH3 is 1. The number of nitrogen functional groups attached to an aromatic ring is 1. The fraction of sp³-hybridized carbons (Fsp3) is 0.100. The molecule has 28 heavy (non-hydrogen) atoms. The number of phenols is 1. The Morgan fingerprint density at radius 1 is 1.21 bits per heavy atom. The first-order valence-corrected chi connectivity index (χ1v) is 8.23. The maximum absolute atomic E-state index is 13.2. The van der Waals surface area contributed by atoms with Crippen molar-refractivity contribution < 1.29 is 28.6 Å². The molecule has 8 heteroatoms. The second kappa shape index (κ2) is 6.12. The number of ketones is 2. The highest BCUT2D eigenvalue weighted by Gasteiger charge is 2.38. The van der Waals surface area contributed by atoms with E-state index in [4.69, 9.17) is 5.73 Å². The lowest BCUT2D eigenvalue weighted by Gasteiger charge is -2.12. The summed E-state index contributed by atoms with van der Waals surface area (Å²) in [5, 5.41) is 10.6. The zero-order chi connectivity index (χ0) is 20.2. The highest BCUT2D eigenvalue weighted by atomic mass is 19.1. The van der Waals surface area contributed by atoms with Crippen molar-refractivity contribution in [2.75, 3.05) is 12.8 Å². The molecule has 2 aromatic carbocycles. The molecule has 0 fully saturated rings. The van der Waals surface area contributed by atoms with Crippen LogP contribution in [0.2, 0.25) is 0 Å². The molecule has 7 nitrogen and oxygen atoms in total. The third-order valence-corrected chi connectivity index (χ3v) is 4.71. The van der Waals surface area contributed by atoms with Crippen molar-refractivity contribution in [2.45, 2.75) is 6.42 Å². The average molecular weight is 380 g/mol. The minimum absolute atomic E-state index is 0.00524. The third-order valence-electron chi connectivity index (χ3n) is 4.71. The molecule has 3 aromatic rings. The summed E-state index contributed by atoms with van der Waals surface area (Å²) in [4.78, 5) is 41.0. The van der Waals surface area contributed by atoms with Crippen LogP contribution < -0.4 is 5.73 Å². The van der Waals surface area contributed by atoms with Crippen molar-refractivity contribution in [1.29, 1.82) is 0 Å². The van der Waals surface area contributed by atoms with E-state index in [9.17, 15) is 23.9 Å². The first-order valence-electron chi connectivity index (χ1n) is 8.23. The number of nitrogens with two attached hydrogens (primary N) is 1. The fourth-order valence-corrected chi connectivity index (χ4v) is 3.40. The second-order valence-electron chi connectivity index (χ2n) is 6.35. The summed E-state index contributed by atoms with van der Waals surface area (Å²) in [5.41, 5.74) is 6.65. The number of aromatic nitrogens is 1. The van der Waals surface area contributed by atoms with Crippen molar-refractivity contribution in [2.24, 2.45) is 0 Å². The number of ether oxygens (including phenoxy) is 1. The van der Waals surface area contributed by atoms with Gasteiger partial charge in [0, 0.05) is 23.1 Å². The highest BCUT2D eigenvalue weighted by Crippen LogP contribution is 2.40. The molecule has 0 atom stereocenters. The van der Waals surface area contributed by atoms with Crippen molar-refractivity contribution >= 4 is 34.1 Å². The number of hydrogen-bond donors (Lipinski definition) is 2. The largest absolute Gasteiger partial charge is 0.505 e. The molecule has 2 bridgehead atoms. The number of aromatic hydroxyl groups is 1. The van der Waals surface area contributed by atoms with E-state index in [1.807, 2.05) is 0 Å². The third kappa shape index (κ3) is 2.42. The summed E-state index contributed by atoms with van der Waals surface area (Å²) in [6, 6.07) is 6.79. The first-order chi connectivity index (χ1) is 13.3. The minimum Gasteiger partial charge on any atom is -0.505 e. The summed E-state index contributed by atoms with van der Waals surface area (Å²) < 4.78 is 17.8. The Morgan fingerprint density at radius 3 is 2.54 bits per heavy atom. The van der Waals surface area contributed by atoms with Crippen molar-refractivity contribution in [3.8, 4) is 5.75 Å². The van der Waals surface area contributed by atoms with Gasteiger partial charge >= 0.3 is 5.97 Å². The maximum Gasteiger partial charge on any atom is 0.341 e. The predicted molar refractivity (Wildman–Crippen MR) is 97.0 cm³/mol. The van der Waals surface area contributed by atoms with Gasteiger partial charge in [-0.25, -0.2) is 14.2 Å². The normalized spacial score (nSPS) is 12.6. The van der Waals surface area contributed by atoms with E-state index in [-0.39, 0.29) is 39.8 Å². The van der Waals surface area contributed by atoms with Crippen molar-refractivity contribution in [3.05, 3.63) is 64.1 Å². The molecule has 0 radical (unpaired) electrons. The molecule has 0 aliphatic heterocycles. The fourth-order valence-electron chi connectivity index (χ4n) is 3.40. The summed E-state index contributed by atoms with van der Waals surface area (Å²) >= 11 is 0. The SMILES string of the molecule is COC(=O)c1cc(N)c2c3c(Cc4ccc(F)cc4)c(nc2c1O)C(=O)C3=O. The van der Waals surface area contributed by atoms with Gasteiger partial charge in [-0.2, -0.15) is 0 Å². The lowest BCUT2D eigenvalue weighted by Crippen LogP contribution is -2.07. The molecule has 1 aliphatic carbocycles. The Labute approximate surface area is 157 Å². The van der Waals surface area contributed by atoms with E-state index < -0.39 is 29.1 Å². The van der Waals surface area contributed by atoms with Gasteiger partial charge in [0.05, 0.1) is 7.11 Å². The molecule has 4 rings (SSSR count). The number of Topliss-reactive ketones (excluding diaryl/α,β-unsaturated/α-hetero) is 2. The average Bonchev–Trinajstić information content (AvgIpc) is 2.83. The number of carbonyl (C=O) groups excluding carboxylic acids is 3. The molecule has 3 N–H and O–H groups in total. The number of nitrogens with zero attached hydrogens (tertiary/aromatic N) is 1. The zero-order valence-electron chi connectivity index (χ0n) is 14.6. The Morgan fingerprint density at radius 2 is 1.89 bits per heavy atom. The number of halogens is 1. The monoisotopic (exact) mass is 380 g/mol. The molecular formula is C20H13FN2O5. The number of esters is 1. The van der Waals surface area contributed by atoms with Gasteiger partial charge in [-0.05, 0) is 29.3 Å². The van der Waals surface area contributed by atoms with Gasteiger partial charge < -0.3 is 15.6 Å². The van der Waals surface area contributed by atoms with Crippen LogP contribution in [0.15, 0.2) is 30.3 Å². The number of phenolic OH excluding ortho intramolecular Hbond substituents is 1. The standard InChI is InChI=1S/C20H13FN2O5/c1-28-20(27)11-7-12(22)14-13-10(6-8-2-4-9(21)5-3-8)15(19(26)18(13)25)23-16(14)17(11)24/h2-5,7,24H,6,22H2,1H3. The van der Waals surface area contributed by atoms with Crippen LogP contribution in [0.25, 0.3) is 10.9 Å². The molecular weight excluding hydrogens is 367 g/mol. The van der Waals surface area contributed by atoms with E-state index in [1.54, 1.807) is 0 Å². The van der Waals surface area contributed by atoms with Gasteiger partial charge in [0.15, 0.2) is 5.75 Å². The topological polar surface area (TPSA) is 120 Å². The minimum atomic E-state index is -0.830. The van der Waals surface area contributed by atoms with Gasteiger partial charge in [0.2, 0.25) is 5.78 Å². The lowest BCUT2D eigenvalue weighted by atomic mass is 9.96. The molecule has 1 aromatic heterocycles. The van der Waals surface area contributed by atoms with E-state index >= 15 is 0 Å². The molecule has 1 heterocycles. The number of carbonyl (C=O) groups is 3. The van der Waals surface area contributed by atoms with Gasteiger partial charge in [-0.15, -0.1) is 0 Å². The number of rotatable bonds is 3. The Kier molecular flexibility index (Phi) is 3.85. The van der Waals surface area contributed by atoms with E-state index in [0.29, 0.717) is 11.1 Å². The number of anilines is 1. The maximum atomic E-state index is 13.2. The van der Waals surface area contributed by atoms with E-state index in [2.05, 4.69) is 9.72 Å². The summed E-state index contributed by atoms with van der Waals surface area (Å²) in [6.45, 7) is 0. The Bertz CT molecular complexity index is 1200. The molecule has 0 saturated carbocycles. The van der Waals surface area contributed by atoms with Crippen LogP contribution >= 0.6 is 0 Å². The smallest absolute Gasteiger partial charge is 0.341 e. The Hall–Kier alpha value is -3.81. The molecule has 0 unspecified atom stereocenters. The van der Waals surface area contributed by atoms with Crippen LogP contribution in [0.3, 0.4) is 0 Å². The van der Waals surface area contributed by atoms with Crippen molar-refractivity contribution in [1.82, 2.24) is 4.98 Å². The van der Waals surface area contributed by atoms with E-state index in [0.717, 1.165) is 7.11 Å². The Balaban J connectivity index is 2.00. The van der Waals surface area contributed by atoms with Crippen LogP contribution in [0.1, 0.15) is 42.3 Å². The van der Waals surface area contributed by atoms with Crippen LogP contribution in [0.5, 0.6) is 5.75 Å². The van der Waals surface area contributed by atoms with Gasteiger partial charge in [0.1, 0.15) is 22.6 Å². The van der Waals surface area contributed by atoms with Gasteiger partial charge in [-0.1, -0.05) is 12.1 Å². The summed E-state index contributed by atoms with van der Waals surface area (Å²) in [7, 11) is 1.14. The molecule has 0 spiro atoms. The zero-order valence-corrected chi connectivity index (χ0v) is 14.6. The number of benzene rings is 2. The van der Waals surface area contributed by atoms with Crippen LogP contribution in [0.4, 0.5) is 10.1 Å². The highest BCUT2D eigenvalue weighted by molar-refractivity contribution is 6.55. The van der Waals surface area contributed by atoms with E-state index in [1.165, 1.54) is 30.3 Å². The van der Waals surface area contributed by atoms with Crippen LogP contribution in [-0.4, -0.2) is 34.7 Å². The quantitative estimate of drug-likeness (QED) is 0.310.